The highest BCUT2D eigenvalue weighted by Gasteiger charge is 2.07. The topological polar surface area (TPSA) is 46.9 Å². The molecule has 72 valence electrons. The monoisotopic (exact) mass is 199 g/mol. The Morgan fingerprint density at radius 1 is 1.77 bits per heavy atom. The van der Waals surface area contributed by atoms with Crippen LogP contribution in [0.3, 0.4) is 0 Å². The quantitative estimate of drug-likeness (QED) is 0.561. The SMILES string of the molecule is CC(=O)c1cc(NCCS)nn1C. The molecule has 1 aromatic rings. The van der Waals surface area contributed by atoms with Crippen molar-refractivity contribution in [1.82, 2.24) is 9.78 Å². The van der Waals surface area contributed by atoms with Gasteiger partial charge in [-0.05, 0) is 0 Å². The van der Waals surface area contributed by atoms with Gasteiger partial charge in [0.1, 0.15) is 11.5 Å². The summed E-state index contributed by atoms with van der Waals surface area (Å²) in [4.78, 5) is 11.0. The molecule has 0 aliphatic heterocycles. The minimum atomic E-state index is 0.0222. The Bertz CT molecular complexity index is 308. The molecule has 0 aliphatic carbocycles. The number of thiol groups is 1. The van der Waals surface area contributed by atoms with E-state index in [1.54, 1.807) is 17.8 Å². The third-order valence-corrected chi connectivity index (χ3v) is 1.88. The maximum absolute atomic E-state index is 11.0. The Labute approximate surface area is 82.7 Å². The van der Waals surface area contributed by atoms with Crippen molar-refractivity contribution in [3.05, 3.63) is 11.8 Å². The van der Waals surface area contributed by atoms with Crippen LogP contribution in [0.1, 0.15) is 17.4 Å². The number of hydrogen-bond acceptors (Lipinski definition) is 4. The number of Topliss-reactive ketones (excluding diaryl/α,β-unsaturated/α-hetero) is 1. The second kappa shape index (κ2) is 4.32. The number of nitrogens with zero attached hydrogens (tertiary/aromatic N) is 2. The molecule has 0 saturated heterocycles. The van der Waals surface area contributed by atoms with Crippen molar-refractivity contribution in [2.24, 2.45) is 7.05 Å². The average Bonchev–Trinajstić information content (AvgIpc) is 2.43. The van der Waals surface area contributed by atoms with E-state index in [4.69, 9.17) is 0 Å². The van der Waals surface area contributed by atoms with E-state index in [2.05, 4.69) is 23.0 Å². The zero-order valence-corrected chi connectivity index (χ0v) is 8.64. The molecule has 13 heavy (non-hydrogen) atoms. The lowest BCUT2D eigenvalue weighted by Crippen LogP contribution is -2.04. The van der Waals surface area contributed by atoms with Crippen molar-refractivity contribution in [2.45, 2.75) is 6.92 Å². The number of aromatic nitrogens is 2. The summed E-state index contributed by atoms with van der Waals surface area (Å²) in [6.07, 6.45) is 0. The van der Waals surface area contributed by atoms with Crippen LogP contribution in [-0.4, -0.2) is 27.9 Å². The first kappa shape index (κ1) is 10.1. The van der Waals surface area contributed by atoms with Gasteiger partial charge in [0.2, 0.25) is 0 Å². The van der Waals surface area contributed by atoms with Crippen molar-refractivity contribution in [2.75, 3.05) is 17.6 Å². The summed E-state index contributed by atoms with van der Waals surface area (Å²) >= 11 is 4.06. The molecule has 0 saturated carbocycles. The first-order chi connectivity index (χ1) is 6.15. The van der Waals surface area contributed by atoms with Gasteiger partial charge in [0.25, 0.3) is 0 Å². The number of ketones is 1. The summed E-state index contributed by atoms with van der Waals surface area (Å²) in [7, 11) is 1.75. The second-order valence-electron chi connectivity index (χ2n) is 2.74. The van der Waals surface area contributed by atoms with E-state index in [1.807, 2.05) is 0 Å². The summed E-state index contributed by atoms with van der Waals surface area (Å²) in [6.45, 7) is 2.27. The fourth-order valence-corrected chi connectivity index (χ4v) is 1.18. The zero-order valence-electron chi connectivity index (χ0n) is 7.74. The summed E-state index contributed by atoms with van der Waals surface area (Å²) in [5.74, 6) is 1.49. The minimum Gasteiger partial charge on any atom is -0.368 e. The molecule has 0 radical (unpaired) electrons. The standard InChI is InChI=1S/C8H13N3OS/c1-6(12)7-5-8(9-3-4-13)10-11(7)2/h5,13H,3-4H2,1-2H3,(H,9,10). The Morgan fingerprint density at radius 3 is 2.92 bits per heavy atom. The van der Waals surface area contributed by atoms with Crippen LogP contribution >= 0.6 is 12.6 Å². The molecule has 0 aliphatic rings. The van der Waals surface area contributed by atoms with E-state index in [0.717, 1.165) is 18.1 Å². The van der Waals surface area contributed by atoms with Gasteiger partial charge in [0.05, 0.1) is 0 Å². The molecule has 0 unspecified atom stereocenters. The van der Waals surface area contributed by atoms with Gasteiger partial charge in [-0.2, -0.15) is 17.7 Å². The Balaban J connectivity index is 2.76. The fourth-order valence-electron chi connectivity index (χ4n) is 1.07. The van der Waals surface area contributed by atoms with Gasteiger partial charge in [-0.3, -0.25) is 9.48 Å². The van der Waals surface area contributed by atoms with Crippen LogP contribution in [0.15, 0.2) is 6.07 Å². The summed E-state index contributed by atoms with van der Waals surface area (Å²) in [5.41, 5.74) is 0.613. The maximum atomic E-state index is 11.0. The van der Waals surface area contributed by atoms with Gasteiger partial charge in [-0.25, -0.2) is 0 Å². The number of nitrogens with one attached hydrogen (secondary N) is 1. The number of aryl methyl sites for hydroxylation is 1. The molecule has 0 spiro atoms. The molecule has 0 fully saturated rings. The molecule has 0 bridgehead atoms. The van der Waals surface area contributed by atoms with Crippen LogP contribution in [0.2, 0.25) is 0 Å². The molecule has 1 N–H and O–H groups in total. The van der Waals surface area contributed by atoms with Crippen molar-refractivity contribution < 1.29 is 4.79 Å². The summed E-state index contributed by atoms with van der Waals surface area (Å²) in [5, 5.41) is 7.17. The molecule has 0 amide bonds. The Hall–Kier alpha value is -0.970. The first-order valence-corrected chi connectivity index (χ1v) is 4.68. The number of anilines is 1. The lowest BCUT2D eigenvalue weighted by Gasteiger charge is -1.96. The van der Waals surface area contributed by atoms with Gasteiger partial charge in [-0.15, -0.1) is 0 Å². The van der Waals surface area contributed by atoms with Crippen molar-refractivity contribution >= 4 is 24.2 Å². The van der Waals surface area contributed by atoms with Gasteiger partial charge in [0, 0.05) is 32.3 Å². The van der Waals surface area contributed by atoms with Crippen LogP contribution in [0, 0.1) is 0 Å². The number of carbonyl (C=O) groups excluding carboxylic acids is 1. The summed E-state index contributed by atoms with van der Waals surface area (Å²) in [6, 6.07) is 1.74. The largest absolute Gasteiger partial charge is 0.368 e. The third-order valence-electron chi connectivity index (χ3n) is 1.66. The van der Waals surface area contributed by atoms with E-state index < -0.39 is 0 Å². The highest BCUT2D eigenvalue weighted by Crippen LogP contribution is 2.08. The molecule has 0 aromatic carbocycles. The Kier molecular flexibility index (Phi) is 3.36. The summed E-state index contributed by atoms with van der Waals surface area (Å²) < 4.78 is 1.57. The normalized spacial score (nSPS) is 10.1. The van der Waals surface area contributed by atoms with E-state index in [0.29, 0.717) is 5.69 Å². The number of rotatable bonds is 4. The smallest absolute Gasteiger partial charge is 0.177 e. The van der Waals surface area contributed by atoms with Crippen LogP contribution in [-0.2, 0) is 7.05 Å². The predicted molar refractivity (Wildman–Crippen MR) is 55.6 cm³/mol. The van der Waals surface area contributed by atoms with E-state index >= 15 is 0 Å². The van der Waals surface area contributed by atoms with Crippen LogP contribution in [0.25, 0.3) is 0 Å². The van der Waals surface area contributed by atoms with E-state index in [1.165, 1.54) is 6.92 Å². The van der Waals surface area contributed by atoms with E-state index in [-0.39, 0.29) is 5.78 Å². The molecule has 1 aromatic heterocycles. The van der Waals surface area contributed by atoms with Gasteiger partial charge in [-0.1, -0.05) is 0 Å². The zero-order chi connectivity index (χ0) is 9.84. The predicted octanol–water partition coefficient (Wildman–Crippen LogP) is 0.964. The van der Waals surface area contributed by atoms with Crippen LogP contribution in [0.5, 0.6) is 0 Å². The highest BCUT2D eigenvalue weighted by atomic mass is 32.1. The molecule has 4 nitrogen and oxygen atoms in total. The van der Waals surface area contributed by atoms with Crippen molar-refractivity contribution in [3.63, 3.8) is 0 Å². The van der Waals surface area contributed by atoms with Gasteiger partial charge >= 0.3 is 0 Å². The maximum Gasteiger partial charge on any atom is 0.177 e. The lowest BCUT2D eigenvalue weighted by molar-refractivity contribution is 0.100. The molecular formula is C8H13N3OS. The first-order valence-electron chi connectivity index (χ1n) is 4.05. The number of carbonyl (C=O) groups is 1. The van der Waals surface area contributed by atoms with Crippen molar-refractivity contribution in [3.8, 4) is 0 Å². The molecule has 1 heterocycles. The van der Waals surface area contributed by atoms with Crippen LogP contribution in [0.4, 0.5) is 5.82 Å². The fraction of sp³-hybridized carbons (Fsp3) is 0.500. The Morgan fingerprint density at radius 2 is 2.46 bits per heavy atom. The average molecular weight is 199 g/mol. The van der Waals surface area contributed by atoms with E-state index in [9.17, 15) is 4.79 Å². The highest BCUT2D eigenvalue weighted by molar-refractivity contribution is 7.80. The number of hydrogen-bond donors (Lipinski definition) is 2. The van der Waals surface area contributed by atoms with Gasteiger partial charge < -0.3 is 5.32 Å². The van der Waals surface area contributed by atoms with Gasteiger partial charge in [0.15, 0.2) is 5.78 Å². The van der Waals surface area contributed by atoms with Crippen molar-refractivity contribution in [1.29, 1.82) is 0 Å². The minimum absolute atomic E-state index is 0.0222. The molecule has 0 atom stereocenters. The molecular weight excluding hydrogens is 186 g/mol. The molecule has 1 rings (SSSR count). The second-order valence-corrected chi connectivity index (χ2v) is 3.19. The van der Waals surface area contributed by atoms with Crippen LogP contribution < -0.4 is 5.32 Å². The molecule has 5 heteroatoms. The third kappa shape index (κ3) is 2.48. The lowest BCUT2D eigenvalue weighted by atomic mass is 10.3.